The number of nitrogens with zero attached hydrogens (tertiary/aromatic N) is 2. The van der Waals surface area contributed by atoms with Crippen molar-refractivity contribution < 1.29 is 9.53 Å². The maximum atomic E-state index is 12.7. The van der Waals surface area contributed by atoms with Crippen LogP contribution in [0.1, 0.15) is 57.6 Å². The standard InChI is InChI=1S/C26H30ClN3O2/c1-6-10-30-24-14-23(27)18(12-22(24)17(2)15-26(30,3)4)11-19(16-28)25(31)29-20-8-7-9-21(13-20)32-5/h7-9,11-14,17H,6,10,15H2,1-5H3,(H,29,31)/b19-11+. The van der Waals surface area contributed by atoms with Crippen LogP contribution in [0.15, 0.2) is 42.0 Å². The minimum Gasteiger partial charge on any atom is -0.497 e. The van der Waals surface area contributed by atoms with Gasteiger partial charge in [-0.15, -0.1) is 0 Å². The fraction of sp³-hybridized carbons (Fsp3) is 0.385. The van der Waals surface area contributed by atoms with Crippen LogP contribution in [0.3, 0.4) is 0 Å². The van der Waals surface area contributed by atoms with E-state index in [-0.39, 0.29) is 11.1 Å². The molecule has 0 radical (unpaired) electrons. The number of methoxy groups -OCH3 is 1. The van der Waals surface area contributed by atoms with Crippen LogP contribution in [0.5, 0.6) is 5.75 Å². The molecule has 2 aromatic rings. The number of fused-ring (bicyclic) bond motifs is 1. The minimum absolute atomic E-state index is 0.0103. The second-order valence-corrected chi connectivity index (χ2v) is 9.26. The molecule has 1 N–H and O–H groups in total. The lowest BCUT2D eigenvalue weighted by Crippen LogP contribution is -2.48. The SMILES string of the molecule is CCCN1c2cc(Cl)c(/C=C(\C#N)C(=O)Nc3cccc(OC)c3)cc2C(C)CC1(C)C. The Hall–Kier alpha value is -2.97. The molecule has 2 aromatic carbocycles. The zero-order chi connectivity index (χ0) is 23.5. The maximum absolute atomic E-state index is 12.7. The number of amides is 1. The topological polar surface area (TPSA) is 65.4 Å². The van der Waals surface area contributed by atoms with E-state index in [2.05, 4.69) is 37.9 Å². The number of anilines is 2. The third kappa shape index (κ3) is 4.92. The van der Waals surface area contributed by atoms with E-state index in [1.807, 2.05) is 18.2 Å². The van der Waals surface area contributed by atoms with Crippen molar-refractivity contribution in [2.75, 3.05) is 23.9 Å². The van der Waals surface area contributed by atoms with Crippen molar-refractivity contribution in [2.45, 2.75) is 52.0 Å². The van der Waals surface area contributed by atoms with E-state index in [0.717, 1.165) is 25.1 Å². The van der Waals surface area contributed by atoms with Gasteiger partial charge in [0.05, 0.1) is 7.11 Å². The van der Waals surface area contributed by atoms with Gasteiger partial charge in [-0.1, -0.05) is 31.5 Å². The van der Waals surface area contributed by atoms with E-state index in [0.29, 0.717) is 27.9 Å². The van der Waals surface area contributed by atoms with Crippen molar-refractivity contribution in [2.24, 2.45) is 0 Å². The molecule has 1 atom stereocenters. The fourth-order valence-electron chi connectivity index (χ4n) is 4.48. The van der Waals surface area contributed by atoms with E-state index in [9.17, 15) is 10.1 Å². The predicted molar refractivity (Wildman–Crippen MR) is 131 cm³/mol. The number of carbonyl (C=O) groups is 1. The number of hydrogen-bond donors (Lipinski definition) is 1. The van der Waals surface area contributed by atoms with Gasteiger partial charge in [-0.2, -0.15) is 5.26 Å². The molecule has 1 unspecified atom stereocenters. The fourth-order valence-corrected chi connectivity index (χ4v) is 4.69. The maximum Gasteiger partial charge on any atom is 0.266 e. The van der Waals surface area contributed by atoms with Crippen LogP contribution >= 0.6 is 11.6 Å². The average molecular weight is 452 g/mol. The molecule has 5 nitrogen and oxygen atoms in total. The van der Waals surface area contributed by atoms with Crippen LogP contribution in [0.2, 0.25) is 5.02 Å². The number of halogens is 1. The van der Waals surface area contributed by atoms with Gasteiger partial charge in [0.25, 0.3) is 5.91 Å². The molecule has 6 heteroatoms. The van der Waals surface area contributed by atoms with Gasteiger partial charge in [0.15, 0.2) is 0 Å². The first-order valence-electron chi connectivity index (χ1n) is 10.9. The highest BCUT2D eigenvalue weighted by molar-refractivity contribution is 6.32. The highest BCUT2D eigenvalue weighted by Crippen LogP contribution is 2.45. The number of benzene rings is 2. The molecule has 168 valence electrons. The average Bonchev–Trinajstić information content (AvgIpc) is 2.75. The molecule has 0 saturated carbocycles. The summed E-state index contributed by atoms with van der Waals surface area (Å²) in [6, 6.07) is 13.0. The normalized spacial score (nSPS) is 17.3. The summed E-state index contributed by atoms with van der Waals surface area (Å²) in [5, 5.41) is 12.9. The Morgan fingerprint density at radius 3 is 2.78 bits per heavy atom. The highest BCUT2D eigenvalue weighted by atomic mass is 35.5. The molecular formula is C26H30ClN3O2. The smallest absolute Gasteiger partial charge is 0.266 e. The molecular weight excluding hydrogens is 422 g/mol. The lowest BCUT2D eigenvalue weighted by atomic mass is 9.79. The largest absolute Gasteiger partial charge is 0.497 e. The van der Waals surface area contributed by atoms with Gasteiger partial charge in [0, 0.05) is 34.5 Å². The van der Waals surface area contributed by atoms with Crippen molar-refractivity contribution in [3.8, 4) is 11.8 Å². The van der Waals surface area contributed by atoms with Crippen molar-refractivity contribution in [3.05, 3.63) is 58.1 Å². The number of hydrogen-bond acceptors (Lipinski definition) is 4. The van der Waals surface area contributed by atoms with Crippen LogP contribution in [0.4, 0.5) is 11.4 Å². The predicted octanol–water partition coefficient (Wildman–Crippen LogP) is 6.40. The van der Waals surface area contributed by atoms with E-state index in [4.69, 9.17) is 16.3 Å². The third-order valence-electron chi connectivity index (χ3n) is 5.94. The first kappa shape index (κ1) is 23.7. The molecule has 0 bridgehead atoms. The van der Waals surface area contributed by atoms with E-state index < -0.39 is 5.91 Å². The Balaban J connectivity index is 1.95. The first-order chi connectivity index (χ1) is 15.2. The molecule has 1 aliphatic heterocycles. The Labute approximate surface area is 195 Å². The second kappa shape index (κ2) is 9.67. The summed E-state index contributed by atoms with van der Waals surface area (Å²) in [7, 11) is 1.56. The summed E-state index contributed by atoms with van der Waals surface area (Å²) >= 11 is 6.64. The number of nitriles is 1. The van der Waals surface area contributed by atoms with Gasteiger partial charge in [-0.3, -0.25) is 4.79 Å². The van der Waals surface area contributed by atoms with Crippen molar-refractivity contribution in [1.82, 2.24) is 0 Å². The summed E-state index contributed by atoms with van der Waals surface area (Å²) in [5.41, 5.74) is 3.58. The minimum atomic E-state index is -0.490. The molecule has 1 aliphatic rings. The van der Waals surface area contributed by atoms with Gasteiger partial charge < -0.3 is 15.0 Å². The van der Waals surface area contributed by atoms with E-state index in [1.54, 1.807) is 37.5 Å². The lowest BCUT2D eigenvalue weighted by molar-refractivity contribution is -0.112. The monoisotopic (exact) mass is 451 g/mol. The number of nitrogens with one attached hydrogen (secondary N) is 1. The Bertz CT molecular complexity index is 1080. The van der Waals surface area contributed by atoms with Crippen LogP contribution in [-0.2, 0) is 4.79 Å². The van der Waals surface area contributed by atoms with Crippen LogP contribution in [0.25, 0.3) is 6.08 Å². The van der Waals surface area contributed by atoms with Crippen LogP contribution in [0, 0.1) is 11.3 Å². The van der Waals surface area contributed by atoms with Gasteiger partial charge in [-0.25, -0.2) is 0 Å². The lowest BCUT2D eigenvalue weighted by Gasteiger charge is -2.47. The van der Waals surface area contributed by atoms with E-state index >= 15 is 0 Å². The van der Waals surface area contributed by atoms with Gasteiger partial charge in [0.2, 0.25) is 0 Å². The zero-order valence-electron chi connectivity index (χ0n) is 19.3. The zero-order valence-corrected chi connectivity index (χ0v) is 20.1. The van der Waals surface area contributed by atoms with Crippen molar-refractivity contribution in [1.29, 1.82) is 5.26 Å². The summed E-state index contributed by atoms with van der Waals surface area (Å²) in [5.74, 6) is 0.474. The number of carbonyl (C=O) groups excluding carboxylic acids is 1. The second-order valence-electron chi connectivity index (χ2n) is 8.86. The van der Waals surface area contributed by atoms with Crippen LogP contribution in [-0.4, -0.2) is 25.1 Å². The highest BCUT2D eigenvalue weighted by Gasteiger charge is 2.36. The molecule has 1 amide bonds. The van der Waals surface area contributed by atoms with E-state index in [1.165, 1.54) is 5.56 Å². The summed E-state index contributed by atoms with van der Waals surface area (Å²) in [6.45, 7) is 9.87. The molecule has 0 aliphatic carbocycles. The Kier molecular flexibility index (Phi) is 7.16. The molecule has 0 aromatic heterocycles. The van der Waals surface area contributed by atoms with Crippen LogP contribution < -0.4 is 15.0 Å². The first-order valence-corrected chi connectivity index (χ1v) is 11.3. The molecule has 0 saturated heterocycles. The molecule has 0 fully saturated rings. The summed E-state index contributed by atoms with van der Waals surface area (Å²) in [4.78, 5) is 15.2. The third-order valence-corrected chi connectivity index (χ3v) is 6.27. The number of ether oxygens (including phenoxy) is 1. The quantitative estimate of drug-likeness (QED) is 0.407. The summed E-state index contributed by atoms with van der Waals surface area (Å²) < 4.78 is 5.19. The molecule has 3 rings (SSSR count). The van der Waals surface area contributed by atoms with Crippen molar-refractivity contribution in [3.63, 3.8) is 0 Å². The van der Waals surface area contributed by atoms with Gasteiger partial charge in [-0.05, 0) is 74.1 Å². The Morgan fingerprint density at radius 2 is 2.12 bits per heavy atom. The Morgan fingerprint density at radius 1 is 1.38 bits per heavy atom. The van der Waals surface area contributed by atoms with Crippen molar-refractivity contribution >= 4 is 35.0 Å². The van der Waals surface area contributed by atoms with Gasteiger partial charge >= 0.3 is 0 Å². The van der Waals surface area contributed by atoms with Gasteiger partial charge in [0.1, 0.15) is 17.4 Å². The number of rotatable bonds is 6. The molecule has 0 spiro atoms. The molecule has 1 heterocycles. The summed E-state index contributed by atoms with van der Waals surface area (Å²) in [6.07, 6.45) is 3.63. The molecule has 32 heavy (non-hydrogen) atoms.